The number of benzene rings is 1. The van der Waals surface area contributed by atoms with Gasteiger partial charge in [-0.25, -0.2) is 0 Å². The van der Waals surface area contributed by atoms with Crippen LogP contribution in [-0.2, 0) is 13.1 Å². The maximum absolute atomic E-state index is 10.3. The molecule has 98 valence electrons. The van der Waals surface area contributed by atoms with Crippen molar-refractivity contribution < 1.29 is 5.11 Å². The van der Waals surface area contributed by atoms with E-state index in [0.717, 1.165) is 25.9 Å². The van der Waals surface area contributed by atoms with Crippen molar-refractivity contribution in [2.24, 2.45) is 5.41 Å². The summed E-state index contributed by atoms with van der Waals surface area (Å²) in [6.07, 6.45) is 3.13. The monoisotopic (exact) mass is 245 g/mol. The molecule has 1 aliphatic carbocycles. The zero-order chi connectivity index (χ0) is 12.8. The van der Waals surface area contributed by atoms with Crippen LogP contribution in [0.2, 0.25) is 0 Å². The summed E-state index contributed by atoms with van der Waals surface area (Å²) in [5, 5.41) is 10.3. The molecule has 3 rings (SSSR count). The largest absolute Gasteiger partial charge is 0.393 e. The first-order chi connectivity index (χ1) is 8.56. The third kappa shape index (κ3) is 2.08. The minimum Gasteiger partial charge on any atom is -0.393 e. The zero-order valence-electron chi connectivity index (χ0n) is 11.4. The van der Waals surface area contributed by atoms with Crippen molar-refractivity contribution in [3.63, 3.8) is 0 Å². The fourth-order valence-corrected chi connectivity index (χ4v) is 3.35. The normalized spacial score (nSPS) is 31.3. The van der Waals surface area contributed by atoms with Gasteiger partial charge in [-0.2, -0.15) is 0 Å². The summed E-state index contributed by atoms with van der Waals surface area (Å²) in [7, 11) is 0. The predicted molar refractivity (Wildman–Crippen MR) is 73.1 cm³/mol. The first kappa shape index (κ1) is 12.2. The van der Waals surface area contributed by atoms with Crippen molar-refractivity contribution in [1.29, 1.82) is 0 Å². The third-order valence-electron chi connectivity index (χ3n) is 4.90. The second-order valence-electron chi connectivity index (χ2n) is 6.61. The van der Waals surface area contributed by atoms with Gasteiger partial charge in [0.1, 0.15) is 0 Å². The van der Waals surface area contributed by atoms with E-state index in [0.29, 0.717) is 6.04 Å². The number of hydrogen-bond acceptors (Lipinski definition) is 2. The van der Waals surface area contributed by atoms with Crippen LogP contribution in [0.5, 0.6) is 0 Å². The number of aliphatic hydroxyl groups excluding tert-OH is 1. The summed E-state index contributed by atoms with van der Waals surface area (Å²) in [6.45, 7) is 6.50. The lowest BCUT2D eigenvalue weighted by atomic mass is 9.73. The highest BCUT2D eigenvalue weighted by molar-refractivity contribution is 5.30. The van der Waals surface area contributed by atoms with Gasteiger partial charge in [0, 0.05) is 19.1 Å². The Morgan fingerprint density at radius 1 is 1.17 bits per heavy atom. The van der Waals surface area contributed by atoms with Crippen molar-refractivity contribution in [1.82, 2.24) is 4.90 Å². The molecule has 1 saturated carbocycles. The van der Waals surface area contributed by atoms with E-state index in [1.54, 1.807) is 0 Å². The van der Waals surface area contributed by atoms with Crippen molar-refractivity contribution in [2.75, 3.05) is 0 Å². The first-order valence-corrected chi connectivity index (χ1v) is 7.05. The third-order valence-corrected chi connectivity index (χ3v) is 4.90. The lowest BCUT2D eigenvalue weighted by Crippen LogP contribution is -2.44. The van der Waals surface area contributed by atoms with Crippen LogP contribution in [0.1, 0.15) is 44.2 Å². The van der Waals surface area contributed by atoms with Gasteiger partial charge in [-0.05, 0) is 35.8 Å². The Bertz CT molecular complexity index is 415. The molecule has 0 spiro atoms. The van der Waals surface area contributed by atoms with E-state index in [1.165, 1.54) is 17.5 Å². The molecule has 2 aliphatic rings. The molecule has 18 heavy (non-hydrogen) atoms. The SMILES string of the molecule is CC1(C)CC[C@H](N2Cc3ccccc3C2)C[C@@H]1O. The minimum absolute atomic E-state index is 0.100. The van der Waals surface area contributed by atoms with Gasteiger partial charge in [0.15, 0.2) is 0 Å². The molecular formula is C16H23NO. The average molecular weight is 245 g/mol. The number of hydrogen-bond donors (Lipinski definition) is 1. The highest BCUT2D eigenvalue weighted by Gasteiger charge is 2.38. The summed E-state index contributed by atoms with van der Waals surface area (Å²) in [6, 6.07) is 9.28. The fourth-order valence-electron chi connectivity index (χ4n) is 3.35. The molecule has 2 nitrogen and oxygen atoms in total. The Morgan fingerprint density at radius 2 is 1.78 bits per heavy atom. The molecule has 0 aromatic heterocycles. The summed E-state index contributed by atoms with van der Waals surface area (Å²) in [4.78, 5) is 2.54. The molecule has 2 heteroatoms. The van der Waals surface area contributed by atoms with Crippen LogP contribution in [-0.4, -0.2) is 22.2 Å². The second kappa shape index (κ2) is 4.36. The summed E-state index contributed by atoms with van der Waals surface area (Å²) < 4.78 is 0. The number of aliphatic hydroxyl groups is 1. The lowest BCUT2D eigenvalue weighted by Gasteiger charge is -2.42. The fraction of sp³-hybridized carbons (Fsp3) is 0.625. The second-order valence-corrected chi connectivity index (χ2v) is 6.61. The Balaban J connectivity index is 1.69. The van der Waals surface area contributed by atoms with Crippen LogP contribution >= 0.6 is 0 Å². The van der Waals surface area contributed by atoms with Gasteiger partial charge in [0.25, 0.3) is 0 Å². The highest BCUT2D eigenvalue weighted by Crippen LogP contribution is 2.39. The van der Waals surface area contributed by atoms with Gasteiger partial charge in [0.05, 0.1) is 6.10 Å². The van der Waals surface area contributed by atoms with E-state index in [4.69, 9.17) is 0 Å². The maximum atomic E-state index is 10.3. The molecule has 0 unspecified atom stereocenters. The van der Waals surface area contributed by atoms with Crippen molar-refractivity contribution in [3.8, 4) is 0 Å². The van der Waals surface area contributed by atoms with Crippen molar-refractivity contribution >= 4 is 0 Å². The zero-order valence-corrected chi connectivity index (χ0v) is 11.4. The van der Waals surface area contributed by atoms with Crippen LogP contribution < -0.4 is 0 Å². The quantitative estimate of drug-likeness (QED) is 0.822. The Labute approximate surface area is 110 Å². The van der Waals surface area contributed by atoms with Gasteiger partial charge in [-0.1, -0.05) is 38.1 Å². The highest BCUT2D eigenvalue weighted by atomic mass is 16.3. The van der Waals surface area contributed by atoms with Gasteiger partial charge < -0.3 is 5.11 Å². The summed E-state index contributed by atoms with van der Waals surface area (Å²) in [5.41, 5.74) is 3.04. The Morgan fingerprint density at radius 3 is 2.33 bits per heavy atom. The predicted octanol–water partition coefficient (Wildman–Crippen LogP) is 2.94. The van der Waals surface area contributed by atoms with Crippen LogP contribution in [0.4, 0.5) is 0 Å². The molecular weight excluding hydrogens is 222 g/mol. The summed E-state index contributed by atoms with van der Waals surface area (Å²) >= 11 is 0. The molecule has 1 fully saturated rings. The topological polar surface area (TPSA) is 23.5 Å². The molecule has 0 bridgehead atoms. The van der Waals surface area contributed by atoms with Crippen LogP contribution in [0, 0.1) is 5.41 Å². The number of nitrogens with zero attached hydrogens (tertiary/aromatic N) is 1. The molecule has 1 aliphatic heterocycles. The van der Waals surface area contributed by atoms with Crippen LogP contribution in [0.3, 0.4) is 0 Å². The van der Waals surface area contributed by atoms with E-state index >= 15 is 0 Å². The van der Waals surface area contributed by atoms with E-state index < -0.39 is 0 Å². The molecule has 1 aromatic carbocycles. The lowest BCUT2D eigenvalue weighted by molar-refractivity contribution is -0.0258. The average Bonchev–Trinajstić information content (AvgIpc) is 2.76. The van der Waals surface area contributed by atoms with E-state index in [-0.39, 0.29) is 11.5 Å². The number of fused-ring (bicyclic) bond motifs is 1. The molecule has 2 atom stereocenters. The molecule has 1 N–H and O–H groups in total. The van der Waals surface area contributed by atoms with E-state index in [1.807, 2.05) is 0 Å². The van der Waals surface area contributed by atoms with Crippen molar-refractivity contribution in [2.45, 2.75) is 58.3 Å². The van der Waals surface area contributed by atoms with E-state index in [2.05, 4.69) is 43.0 Å². The van der Waals surface area contributed by atoms with Gasteiger partial charge in [-0.15, -0.1) is 0 Å². The number of rotatable bonds is 1. The maximum Gasteiger partial charge on any atom is 0.0606 e. The standard InChI is InChI=1S/C16H23NO/c1-16(2)8-7-14(9-15(16)18)17-10-12-5-3-4-6-13(12)11-17/h3-6,14-15,18H,7-11H2,1-2H3/t14-,15-/m0/s1. The van der Waals surface area contributed by atoms with Gasteiger partial charge in [0.2, 0.25) is 0 Å². The van der Waals surface area contributed by atoms with Crippen molar-refractivity contribution in [3.05, 3.63) is 35.4 Å². The molecule has 0 amide bonds. The van der Waals surface area contributed by atoms with E-state index in [9.17, 15) is 5.11 Å². The first-order valence-electron chi connectivity index (χ1n) is 7.05. The molecule has 0 radical (unpaired) electrons. The van der Waals surface area contributed by atoms with Gasteiger partial charge in [-0.3, -0.25) is 4.90 Å². The smallest absolute Gasteiger partial charge is 0.0606 e. The molecule has 1 aromatic rings. The van der Waals surface area contributed by atoms with Gasteiger partial charge >= 0.3 is 0 Å². The summed E-state index contributed by atoms with van der Waals surface area (Å²) in [5.74, 6) is 0. The van der Waals surface area contributed by atoms with Crippen LogP contribution in [0.15, 0.2) is 24.3 Å². The Hall–Kier alpha value is -0.860. The molecule has 1 heterocycles. The minimum atomic E-state index is -0.153. The molecule has 0 saturated heterocycles. The Kier molecular flexibility index (Phi) is 2.95. The van der Waals surface area contributed by atoms with Crippen LogP contribution in [0.25, 0.3) is 0 Å².